The topological polar surface area (TPSA) is 12.9 Å². The summed E-state index contributed by atoms with van der Waals surface area (Å²) in [4.78, 5) is 3.51. The largest absolute Gasteiger partial charge is 0.253 e. The van der Waals surface area contributed by atoms with Crippen LogP contribution in [0.3, 0.4) is 0 Å². The fourth-order valence-electron chi connectivity index (χ4n) is 0.809. The van der Waals surface area contributed by atoms with Crippen molar-refractivity contribution in [3.63, 3.8) is 0 Å². The van der Waals surface area contributed by atoms with E-state index in [9.17, 15) is 4.39 Å². The molecule has 0 aliphatic rings. The lowest BCUT2D eigenvalue weighted by molar-refractivity contribution is 0.622. The van der Waals surface area contributed by atoms with Crippen molar-refractivity contribution in [3.8, 4) is 11.3 Å². The van der Waals surface area contributed by atoms with Gasteiger partial charge in [0, 0.05) is 5.56 Å². The zero-order valence-electron chi connectivity index (χ0n) is 13.4. The second-order valence-corrected chi connectivity index (χ2v) is 2.21. The minimum absolute atomic E-state index is 0.136. The fraction of sp³-hybridized carbons (Fsp3) is 0. The van der Waals surface area contributed by atoms with Crippen LogP contribution in [0.25, 0.3) is 11.3 Å². The highest BCUT2D eigenvalue weighted by Gasteiger charge is 1.96. The van der Waals surface area contributed by atoms with Crippen LogP contribution in [0, 0.1) is 5.82 Å². The van der Waals surface area contributed by atoms with E-state index in [0.717, 1.165) is 6.07 Å². The van der Waals surface area contributed by atoms with Gasteiger partial charge in [0.15, 0.2) is 0 Å². The summed E-state index contributed by atoms with van der Waals surface area (Å²) in [5.41, 5.74) is -0.448. The highest BCUT2D eigenvalue weighted by molar-refractivity contribution is 5.58. The molecule has 1 aromatic heterocycles. The van der Waals surface area contributed by atoms with Gasteiger partial charge in [-0.2, -0.15) is 0 Å². The van der Waals surface area contributed by atoms with Gasteiger partial charge in [-0.15, -0.1) is 0 Å². The van der Waals surface area contributed by atoms with Crippen molar-refractivity contribution in [2.45, 2.75) is 0 Å². The normalized spacial score (nSPS) is 17.5. The molecule has 0 atom stereocenters. The lowest BCUT2D eigenvalue weighted by Crippen LogP contribution is -1.83. The SMILES string of the molecule is [2H]c1cc(-c2nc([2H])c(F)c([2H])c2[2H])c([2H])c([2H])c1[2H]. The predicted octanol–water partition coefficient (Wildman–Crippen LogP) is 2.89. The first-order valence-corrected chi connectivity index (χ1v) is 3.46. The van der Waals surface area contributed by atoms with Gasteiger partial charge < -0.3 is 0 Å². The quantitative estimate of drug-likeness (QED) is 0.657. The molecular formula is C11H8FN. The molecule has 1 aromatic carbocycles. The van der Waals surface area contributed by atoms with Gasteiger partial charge in [0.05, 0.1) is 21.5 Å². The maximum Gasteiger partial charge on any atom is 0.141 e. The standard InChI is InChI=1S/C11H8FN/c12-10-6-7-11(13-8-10)9-4-2-1-3-5-9/h1-8H/i1D,2D,3D,4D,6D,7D,8D. The highest BCUT2D eigenvalue weighted by atomic mass is 19.1. The van der Waals surface area contributed by atoms with Crippen molar-refractivity contribution >= 4 is 0 Å². The molecule has 0 N–H and O–H groups in total. The van der Waals surface area contributed by atoms with Crippen LogP contribution in [-0.4, -0.2) is 4.98 Å². The third kappa shape index (κ3) is 1.72. The molecule has 0 fully saturated rings. The van der Waals surface area contributed by atoms with E-state index in [0.29, 0.717) is 0 Å². The van der Waals surface area contributed by atoms with Gasteiger partial charge in [-0.3, -0.25) is 4.98 Å². The summed E-state index contributed by atoms with van der Waals surface area (Å²) in [5, 5.41) is 0. The minimum atomic E-state index is -1.24. The number of hydrogen-bond acceptors (Lipinski definition) is 1. The molecular weight excluding hydrogens is 165 g/mol. The lowest BCUT2D eigenvalue weighted by atomic mass is 10.1. The van der Waals surface area contributed by atoms with E-state index in [1.807, 2.05) is 0 Å². The van der Waals surface area contributed by atoms with E-state index < -0.39 is 42.2 Å². The summed E-state index contributed by atoms with van der Waals surface area (Å²) in [6.45, 7) is 0. The van der Waals surface area contributed by atoms with E-state index in [1.165, 1.54) is 0 Å². The number of nitrogens with zero attached hydrogens (tertiary/aromatic N) is 1. The van der Waals surface area contributed by atoms with Crippen LogP contribution in [0.5, 0.6) is 0 Å². The van der Waals surface area contributed by atoms with Crippen molar-refractivity contribution < 1.29 is 14.0 Å². The monoisotopic (exact) mass is 180 g/mol. The van der Waals surface area contributed by atoms with Crippen molar-refractivity contribution in [1.82, 2.24) is 4.98 Å². The van der Waals surface area contributed by atoms with Gasteiger partial charge in [-0.1, -0.05) is 30.2 Å². The lowest BCUT2D eigenvalue weighted by Gasteiger charge is -1.98. The van der Waals surface area contributed by atoms with Crippen molar-refractivity contribution in [2.75, 3.05) is 0 Å². The first-order chi connectivity index (χ1) is 9.25. The second-order valence-electron chi connectivity index (χ2n) is 2.21. The molecule has 0 amide bonds. The third-order valence-electron chi connectivity index (χ3n) is 1.36. The molecule has 0 spiro atoms. The summed E-state index contributed by atoms with van der Waals surface area (Å²) in [7, 11) is 0. The molecule has 2 aromatic rings. The Morgan fingerprint density at radius 3 is 3.00 bits per heavy atom. The maximum absolute atomic E-state index is 13.3. The van der Waals surface area contributed by atoms with Gasteiger partial charge in [0.2, 0.25) is 0 Å². The van der Waals surface area contributed by atoms with E-state index in [1.54, 1.807) is 0 Å². The van der Waals surface area contributed by atoms with Gasteiger partial charge in [-0.25, -0.2) is 4.39 Å². The highest BCUT2D eigenvalue weighted by Crippen LogP contribution is 2.15. The van der Waals surface area contributed by atoms with Gasteiger partial charge in [0.1, 0.15) is 5.82 Å². The average molecular weight is 180 g/mol. The van der Waals surface area contributed by atoms with Crippen LogP contribution in [0.2, 0.25) is 0 Å². The molecule has 1 heterocycles. The summed E-state index contributed by atoms with van der Waals surface area (Å²) >= 11 is 0. The Morgan fingerprint density at radius 2 is 2.08 bits per heavy atom. The second kappa shape index (κ2) is 3.35. The Morgan fingerprint density at radius 1 is 1.15 bits per heavy atom. The van der Waals surface area contributed by atoms with Crippen LogP contribution in [0.15, 0.2) is 48.5 Å². The van der Waals surface area contributed by atoms with Gasteiger partial charge in [-0.05, 0) is 12.1 Å². The molecule has 0 saturated heterocycles. The van der Waals surface area contributed by atoms with E-state index >= 15 is 0 Å². The molecule has 0 aliphatic heterocycles. The first-order valence-electron chi connectivity index (χ1n) is 6.96. The first kappa shape index (κ1) is 3.22. The van der Waals surface area contributed by atoms with Crippen LogP contribution < -0.4 is 0 Å². The minimum Gasteiger partial charge on any atom is -0.253 e. The Labute approximate surface area is 85.7 Å². The molecule has 0 saturated carbocycles. The maximum atomic E-state index is 13.3. The fourth-order valence-corrected chi connectivity index (χ4v) is 0.809. The van der Waals surface area contributed by atoms with Gasteiger partial charge in [0.25, 0.3) is 0 Å². The molecule has 0 unspecified atom stereocenters. The summed E-state index contributed by atoms with van der Waals surface area (Å²) in [6, 6.07) is -2.14. The van der Waals surface area contributed by atoms with Crippen molar-refractivity contribution in [3.05, 3.63) is 54.3 Å². The number of halogens is 1. The number of pyridine rings is 1. The van der Waals surface area contributed by atoms with Crippen LogP contribution in [0.1, 0.15) is 9.60 Å². The van der Waals surface area contributed by atoms with E-state index in [4.69, 9.17) is 9.60 Å². The Kier molecular flexibility index (Phi) is 0.830. The van der Waals surface area contributed by atoms with Crippen molar-refractivity contribution in [1.29, 1.82) is 0 Å². The number of aromatic nitrogens is 1. The zero-order valence-corrected chi connectivity index (χ0v) is 6.40. The molecule has 0 bridgehead atoms. The third-order valence-corrected chi connectivity index (χ3v) is 1.36. The van der Waals surface area contributed by atoms with Crippen LogP contribution >= 0.6 is 0 Å². The Bertz CT molecular complexity index is 655. The Balaban J connectivity index is 2.83. The smallest absolute Gasteiger partial charge is 0.141 e. The Hall–Kier alpha value is -1.70. The van der Waals surface area contributed by atoms with Crippen LogP contribution in [-0.2, 0) is 0 Å². The average Bonchev–Trinajstić information content (AvgIpc) is 2.42. The number of benzene rings is 1. The summed E-state index contributed by atoms with van der Waals surface area (Å²) < 4.78 is 65.8. The number of hydrogen-bond donors (Lipinski definition) is 0. The van der Waals surface area contributed by atoms with E-state index in [2.05, 4.69) is 4.98 Å². The molecule has 1 nitrogen and oxygen atoms in total. The van der Waals surface area contributed by atoms with E-state index in [-0.39, 0.29) is 17.3 Å². The summed E-state index contributed by atoms with van der Waals surface area (Å²) in [6.07, 6.45) is -0.839. The predicted molar refractivity (Wildman–Crippen MR) is 49.6 cm³/mol. The van der Waals surface area contributed by atoms with Gasteiger partial charge >= 0.3 is 0 Å². The molecule has 0 radical (unpaired) electrons. The molecule has 2 rings (SSSR count). The molecule has 0 aliphatic carbocycles. The number of rotatable bonds is 1. The zero-order chi connectivity index (χ0) is 15.2. The van der Waals surface area contributed by atoms with Crippen LogP contribution in [0.4, 0.5) is 4.39 Å². The molecule has 2 heteroatoms. The molecule has 64 valence electrons. The summed E-state index contributed by atoms with van der Waals surface area (Å²) in [5.74, 6) is -1.24. The molecule has 13 heavy (non-hydrogen) atoms. The van der Waals surface area contributed by atoms with Crippen molar-refractivity contribution in [2.24, 2.45) is 0 Å².